The molecule has 0 amide bonds. The van der Waals surface area contributed by atoms with Crippen LogP contribution in [0.3, 0.4) is 0 Å². The summed E-state index contributed by atoms with van der Waals surface area (Å²) in [6.07, 6.45) is 2.75. The lowest BCUT2D eigenvalue weighted by atomic mass is 9.48. The summed E-state index contributed by atoms with van der Waals surface area (Å²) in [5.74, 6) is -3.31. The lowest BCUT2D eigenvalue weighted by Gasteiger charge is -2.59. The summed E-state index contributed by atoms with van der Waals surface area (Å²) in [6.45, 7) is 6.27. The van der Waals surface area contributed by atoms with E-state index in [1.807, 2.05) is 13.0 Å². The molecule has 5 rings (SSSR count). The highest BCUT2D eigenvalue weighted by Gasteiger charge is 2.65. The molecule has 244 valence electrons. The Bertz CT molecular complexity index is 1420. The molecule has 0 bridgehead atoms. The van der Waals surface area contributed by atoms with Crippen molar-refractivity contribution in [1.82, 2.24) is 0 Å². The van der Waals surface area contributed by atoms with Gasteiger partial charge in [0.05, 0.1) is 18.6 Å². The number of halogens is 1. The first kappa shape index (κ1) is 32.9. The molecule has 0 spiro atoms. The van der Waals surface area contributed by atoms with Gasteiger partial charge in [-0.25, -0.2) is 4.39 Å². The van der Waals surface area contributed by atoms with Gasteiger partial charge in [0.1, 0.15) is 12.7 Å². The number of ether oxygens (including phenoxy) is 3. The van der Waals surface area contributed by atoms with E-state index in [1.165, 1.54) is 6.08 Å². The molecule has 1 aromatic rings. The van der Waals surface area contributed by atoms with Crippen LogP contribution in [0.25, 0.3) is 0 Å². The number of nitrogens with zero attached hydrogens (tertiary/aromatic N) is 1. The van der Waals surface area contributed by atoms with E-state index in [-0.39, 0.29) is 43.5 Å². The van der Waals surface area contributed by atoms with Crippen molar-refractivity contribution in [1.29, 1.82) is 0 Å². The topological polar surface area (TPSA) is 152 Å². The number of aliphatic hydroxyl groups is 1. The van der Waals surface area contributed by atoms with E-state index in [9.17, 15) is 29.6 Å². The van der Waals surface area contributed by atoms with Crippen LogP contribution in [0, 0.1) is 33.3 Å². The van der Waals surface area contributed by atoms with E-state index >= 15 is 4.39 Å². The first-order chi connectivity index (χ1) is 21.1. The van der Waals surface area contributed by atoms with Gasteiger partial charge in [0.15, 0.2) is 23.8 Å². The summed E-state index contributed by atoms with van der Waals surface area (Å²) in [5.41, 5.74) is -1.41. The number of allylic oxidation sites excluding steroid dienone is 4. The number of Topliss-reactive ketones (excluding diaryl/α,β-unsaturated/α-hetero) is 1. The van der Waals surface area contributed by atoms with Crippen molar-refractivity contribution >= 4 is 17.5 Å². The molecule has 1 aliphatic heterocycles. The molecule has 11 nitrogen and oxygen atoms in total. The van der Waals surface area contributed by atoms with Crippen molar-refractivity contribution in [2.45, 2.75) is 96.2 Å². The molecule has 1 saturated heterocycles. The number of carbonyl (C=O) groups excluding carboxylic acids is 3. The summed E-state index contributed by atoms with van der Waals surface area (Å²) in [5, 5.41) is 20.7. The molecule has 0 radical (unpaired) electrons. The molecule has 1 unspecified atom stereocenters. The second-order valence-electron chi connectivity index (χ2n) is 13.4. The third-order valence-corrected chi connectivity index (χ3v) is 9.97. The SMILES string of the molecule is C[C@@H]1C[C@H](O)[C@@]2(F)C(CC=C3CC(=O)C=C[C@@]32C)[C@@H]1C[C@H]1OC(C)(C)O[C@@H]1C(=O)COC(=O)Cc1cccc(CO[N+](=O)[O-])c1. The fourth-order valence-electron chi connectivity index (χ4n) is 7.81. The van der Waals surface area contributed by atoms with Gasteiger partial charge in [-0.2, -0.15) is 0 Å². The van der Waals surface area contributed by atoms with Crippen molar-refractivity contribution in [3.8, 4) is 0 Å². The zero-order valence-electron chi connectivity index (χ0n) is 25.9. The zero-order valence-corrected chi connectivity index (χ0v) is 25.9. The molecular weight excluding hydrogens is 589 g/mol. The Morgan fingerprint density at radius 1 is 1.20 bits per heavy atom. The minimum Gasteiger partial charge on any atom is -0.457 e. The molecule has 1 saturated carbocycles. The van der Waals surface area contributed by atoms with Crippen molar-refractivity contribution in [2.75, 3.05) is 6.61 Å². The number of aliphatic hydroxyl groups excluding tert-OH is 1. The molecule has 1 aromatic carbocycles. The first-order valence-electron chi connectivity index (χ1n) is 15.3. The summed E-state index contributed by atoms with van der Waals surface area (Å²) in [7, 11) is 0. The molecule has 12 heteroatoms. The lowest BCUT2D eigenvalue weighted by Crippen LogP contribution is -2.64. The number of carbonyl (C=O) groups is 3. The number of benzene rings is 1. The summed E-state index contributed by atoms with van der Waals surface area (Å²) < 4.78 is 34.8. The molecule has 8 atom stereocenters. The van der Waals surface area contributed by atoms with E-state index in [0.717, 1.165) is 0 Å². The maximum absolute atomic E-state index is 17.4. The summed E-state index contributed by atoms with van der Waals surface area (Å²) >= 11 is 0. The van der Waals surface area contributed by atoms with E-state index in [2.05, 4.69) is 4.84 Å². The quantitative estimate of drug-likeness (QED) is 0.173. The molecular formula is C33H40FNO10. The van der Waals surface area contributed by atoms with Gasteiger partial charge in [-0.3, -0.25) is 14.4 Å². The number of rotatable bonds is 10. The fourth-order valence-corrected chi connectivity index (χ4v) is 7.81. The largest absolute Gasteiger partial charge is 0.457 e. The van der Waals surface area contributed by atoms with Crippen LogP contribution in [0.4, 0.5) is 4.39 Å². The highest BCUT2D eigenvalue weighted by atomic mass is 19.1. The Hall–Kier alpha value is -3.48. The lowest BCUT2D eigenvalue weighted by molar-refractivity contribution is -0.763. The predicted molar refractivity (Wildman–Crippen MR) is 157 cm³/mol. The minimum absolute atomic E-state index is 0.0889. The average Bonchev–Trinajstić information content (AvgIpc) is 3.28. The highest BCUT2D eigenvalue weighted by Crippen LogP contribution is 2.62. The van der Waals surface area contributed by atoms with Gasteiger partial charge >= 0.3 is 5.97 Å². The van der Waals surface area contributed by atoms with Crippen LogP contribution >= 0.6 is 0 Å². The van der Waals surface area contributed by atoms with Gasteiger partial charge < -0.3 is 24.2 Å². The molecule has 45 heavy (non-hydrogen) atoms. The molecule has 3 aliphatic carbocycles. The molecule has 1 N–H and O–H groups in total. The zero-order chi connectivity index (χ0) is 32.7. The number of hydrogen-bond donors (Lipinski definition) is 1. The van der Waals surface area contributed by atoms with Gasteiger partial charge in [-0.05, 0) is 69.1 Å². The smallest absolute Gasteiger partial charge is 0.310 e. The van der Waals surface area contributed by atoms with Gasteiger partial charge in [-0.1, -0.05) is 48.9 Å². The van der Waals surface area contributed by atoms with Crippen LogP contribution in [0.2, 0.25) is 0 Å². The van der Waals surface area contributed by atoms with Gasteiger partial charge in [-0.15, -0.1) is 10.1 Å². The Kier molecular flexibility index (Phi) is 9.05. The average molecular weight is 630 g/mol. The number of hydrogen-bond acceptors (Lipinski definition) is 10. The molecule has 4 aliphatic rings. The minimum atomic E-state index is -2.01. The predicted octanol–water partition coefficient (Wildman–Crippen LogP) is 4.17. The van der Waals surface area contributed by atoms with Gasteiger partial charge in [0.25, 0.3) is 5.09 Å². The van der Waals surface area contributed by atoms with E-state index in [0.29, 0.717) is 29.5 Å². The van der Waals surface area contributed by atoms with Crippen molar-refractivity contribution < 1.29 is 48.0 Å². The van der Waals surface area contributed by atoms with E-state index in [4.69, 9.17) is 14.2 Å². The number of ketones is 2. The van der Waals surface area contributed by atoms with Crippen molar-refractivity contribution in [3.05, 3.63) is 69.3 Å². The third kappa shape index (κ3) is 6.45. The standard InChI is InChI=1S/C33H40FNO10/c1-19-12-28(38)33(34)25(9-8-22-15-23(36)10-11-32(22,33)4)24(19)16-27-30(45-31(2,3)44-27)26(37)18-42-29(39)14-20-6-5-7-21(13-20)17-43-35(40)41/h5-8,10-11,13,19,24-25,27-28,30,38H,9,12,14-18H2,1-4H3/t19-,24-,25?,27-,28+,30-,32+,33+/m1/s1. The van der Waals surface area contributed by atoms with Crippen LogP contribution in [0.1, 0.15) is 64.5 Å². The molecule has 2 fully saturated rings. The van der Waals surface area contributed by atoms with Crippen LogP contribution in [-0.2, 0) is 46.5 Å². The van der Waals surface area contributed by atoms with Crippen molar-refractivity contribution in [3.63, 3.8) is 0 Å². The normalized spacial score (nSPS) is 35.2. The summed E-state index contributed by atoms with van der Waals surface area (Å²) in [4.78, 5) is 52.9. The first-order valence-corrected chi connectivity index (χ1v) is 15.3. The maximum atomic E-state index is 17.4. The van der Waals surface area contributed by atoms with E-state index in [1.54, 1.807) is 51.1 Å². The van der Waals surface area contributed by atoms with Crippen LogP contribution in [0.15, 0.2) is 48.1 Å². The van der Waals surface area contributed by atoms with Crippen molar-refractivity contribution in [2.24, 2.45) is 23.2 Å². The Labute approximate surface area is 260 Å². The van der Waals surface area contributed by atoms with Crippen LogP contribution in [0.5, 0.6) is 0 Å². The van der Waals surface area contributed by atoms with Crippen LogP contribution in [-0.4, -0.2) is 64.1 Å². The number of alkyl halides is 1. The van der Waals surface area contributed by atoms with Gasteiger partial charge in [0.2, 0.25) is 5.78 Å². The van der Waals surface area contributed by atoms with E-state index < -0.39 is 64.5 Å². The number of esters is 1. The Morgan fingerprint density at radius 3 is 2.67 bits per heavy atom. The van der Waals surface area contributed by atoms with Crippen LogP contribution < -0.4 is 0 Å². The molecule has 1 heterocycles. The second kappa shape index (κ2) is 12.4. The monoisotopic (exact) mass is 629 g/mol. The number of fused-ring (bicyclic) bond motifs is 3. The van der Waals surface area contributed by atoms with Gasteiger partial charge in [0, 0.05) is 17.8 Å². The second-order valence-corrected chi connectivity index (χ2v) is 13.4. The highest BCUT2D eigenvalue weighted by molar-refractivity contribution is 5.93. The summed E-state index contributed by atoms with van der Waals surface area (Å²) in [6, 6.07) is 6.49. The Morgan fingerprint density at radius 2 is 1.93 bits per heavy atom. The third-order valence-electron chi connectivity index (χ3n) is 9.97. The fraction of sp³-hybridized carbons (Fsp3) is 0.606. The maximum Gasteiger partial charge on any atom is 0.310 e. The Balaban J connectivity index is 1.27. The molecule has 0 aromatic heterocycles.